The molecule has 5 nitrogen and oxygen atoms in total. The predicted molar refractivity (Wildman–Crippen MR) is 88.5 cm³/mol. The summed E-state index contributed by atoms with van der Waals surface area (Å²) in [6.45, 7) is 5.98. The van der Waals surface area contributed by atoms with Crippen LogP contribution < -0.4 is 10.3 Å². The van der Waals surface area contributed by atoms with Crippen molar-refractivity contribution in [1.29, 1.82) is 0 Å². The van der Waals surface area contributed by atoms with Crippen molar-refractivity contribution in [2.24, 2.45) is 0 Å². The fourth-order valence-corrected chi connectivity index (χ4v) is 2.41. The van der Waals surface area contributed by atoms with Crippen molar-refractivity contribution < 1.29 is 13.2 Å². The van der Waals surface area contributed by atoms with Crippen LogP contribution in [0.1, 0.15) is 12.0 Å². The number of benzene rings is 1. The SMILES string of the molecule is C=CC/C=C(\C=C/COC)NNS(=O)(=O)c1ccc(C)cc1. The second kappa shape index (κ2) is 9.19. The van der Waals surface area contributed by atoms with Crippen LogP contribution in [0.5, 0.6) is 0 Å². The zero-order valence-corrected chi connectivity index (χ0v) is 13.7. The number of sulfonamides is 1. The van der Waals surface area contributed by atoms with Crippen LogP contribution in [0, 0.1) is 6.92 Å². The third kappa shape index (κ3) is 6.26. The molecule has 0 aliphatic rings. The molecule has 0 saturated carbocycles. The van der Waals surface area contributed by atoms with Gasteiger partial charge in [-0.1, -0.05) is 35.9 Å². The van der Waals surface area contributed by atoms with E-state index in [0.29, 0.717) is 18.7 Å². The molecule has 0 radical (unpaired) electrons. The van der Waals surface area contributed by atoms with Crippen LogP contribution in [0.4, 0.5) is 0 Å². The number of aryl methyl sites for hydroxylation is 1. The van der Waals surface area contributed by atoms with Crippen LogP contribution in [0.2, 0.25) is 0 Å². The quantitative estimate of drug-likeness (QED) is 0.416. The number of nitrogens with one attached hydrogen (secondary N) is 2. The molecular formula is C16H22N2O3S. The second-order valence-electron chi connectivity index (χ2n) is 4.59. The Balaban J connectivity index is 2.78. The minimum Gasteiger partial charge on any atom is -0.381 e. The summed E-state index contributed by atoms with van der Waals surface area (Å²) in [7, 11) is -2.03. The fraction of sp³-hybridized carbons (Fsp3) is 0.250. The van der Waals surface area contributed by atoms with Gasteiger partial charge in [-0.2, -0.15) is 0 Å². The van der Waals surface area contributed by atoms with Gasteiger partial charge in [-0.3, -0.25) is 0 Å². The Bertz CT molecular complexity index is 632. The highest BCUT2D eigenvalue weighted by Gasteiger charge is 2.12. The number of methoxy groups -OCH3 is 1. The normalized spacial score (nSPS) is 12.5. The number of hydrogen-bond donors (Lipinski definition) is 2. The number of allylic oxidation sites excluding steroid dienone is 3. The average molecular weight is 322 g/mol. The van der Waals surface area contributed by atoms with Gasteiger partial charge in [0.25, 0.3) is 10.0 Å². The number of hydrogen-bond acceptors (Lipinski definition) is 4. The van der Waals surface area contributed by atoms with Gasteiger partial charge in [0.15, 0.2) is 0 Å². The zero-order chi connectivity index (χ0) is 16.4. The summed E-state index contributed by atoms with van der Waals surface area (Å²) < 4.78 is 29.3. The smallest absolute Gasteiger partial charge is 0.257 e. The van der Waals surface area contributed by atoms with Crippen LogP contribution in [-0.2, 0) is 14.8 Å². The average Bonchev–Trinajstić information content (AvgIpc) is 2.50. The van der Waals surface area contributed by atoms with Crippen LogP contribution in [0.15, 0.2) is 65.7 Å². The topological polar surface area (TPSA) is 67.4 Å². The van der Waals surface area contributed by atoms with Crippen LogP contribution in [0.25, 0.3) is 0 Å². The lowest BCUT2D eigenvalue weighted by Crippen LogP contribution is -2.36. The molecule has 1 aromatic rings. The Morgan fingerprint density at radius 3 is 2.59 bits per heavy atom. The van der Waals surface area contributed by atoms with Crippen LogP contribution >= 0.6 is 0 Å². The minimum absolute atomic E-state index is 0.203. The monoisotopic (exact) mass is 322 g/mol. The molecule has 0 atom stereocenters. The molecule has 1 rings (SSSR count). The molecule has 22 heavy (non-hydrogen) atoms. The van der Waals surface area contributed by atoms with Gasteiger partial charge in [0.2, 0.25) is 0 Å². The first kappa shape index (κ1) is 18.2. The van der Waals surface area contributed by atoms with Crippen molar-refractivity contribution in [1.82, 2.24) is 10.3 Å². The van der Waals surface area contributed by atoms with Gasteiger partial charge < -0.3 is 10.2 Å². The van der Waals surface area contributed by atoms with E-state index in [1.807, 2.05) is 13.0 Å². The van der Waals surface area contributed by atoms with Gasteiger partial charge in [0, 0.05) is 12.8 Å². The Morgan fingerprint density at radius 2 is 2.00 bits per heavy atom. The maximum Gasteiger partial charge on any atom is 0.257 e. The first-order chi connectivity index (χ1) is 10.5. The molecule has 0 amide bonds. The minimum atomic E-state index is -3.62. The van der Waals surface area contributed by atoms with E-state index in [4.69, 9.17) is 4.74 Å². The van der Waals surface area contributed by atoms with Crippen molar-refractivity contribution in [3.8, 4) is 0 Å². The van der Waals surface area contributed by atoms with Gasteiger partial charge in [0.1, 0.15) is 0 Å². The molecule has 0 spiro atoms. The van der Waals surface area contributed by atoms with Crippen molar-refractivity contribution in [3.05, 3.63) is 66.4 Å². The van der Waals surface area contributed by atoms with Gasteiger partial charge in [-0.25, -0.2) is 8.42 Å². The zero-order valence-electron chi connectivity index (χ0n) is 12.9. The molecule has 0 aliphatic carbocycles. The van der Waals surface area contributed by atoms with E-state index in [1.54, 1.807) is 49.6 Å². The number of ether oxygens (including phenoxy) is 1. The summed E-state index contributed by atoms with van der Waals surface area (Å²) in [5, 5.41) is 0. The lowest BCUT2D eigenvalue weighted by Gasteiger charge is -2.10. The lowest BCUT2D eigenvalue weighted by molar-refractivity contribution is 0.234. The van der Waals surface area contributed by atoms with E-state index in [0.717, 1.165) is 5.56 Å². The van der Waals surface area contributed by atoms with Crippen molar-refractivity contribution in [3.63, 3.8) is 0 Å². The first-order valence-electron chi connectivity index (χ1n) is 6.80. The maximum absolute atomic E-state index is 12.2. The summed E-state index contributed by atoms with van der Waals surface area (Å²) >= 11 is 0. The highest BCUT2D eigenvalue weighted by atomic mass is 32.2. The van der Waals surface area contributed by atoms with Gasteiger partial charge in [0.05, 0.1) is 11.5 Å². The highest BCUT2D eigenvalue weighted by Crippen LogP contribution is 2.09. The van der Waals surface area contributed by atoms with E-state index in [9.17, 15) is 8.42 Å². The van der Waals surface area contributed by atoms with E-state index >= 15 is 0 Å². The van der Waals surface area contributed by atoms with Crippen LogP contribution in [0.3, 0.4) is 0 Å². The molecule has 0 unspecified atom stereocenters. The third-order valence-electron chi connectivity index (χ3n) is 2.73. The molecule has 0 aliphatic heterocycles. The van der Waals surface area contributed by atoms with E-state index < -0.39 is 10.0 Å². The fourth-order valence-electron chi connectivity index (χ4n) is 1.54. The summed E-state index contributed by atoms with van der Waals surface area (Å²) in [4.78, 5) is 2.56. The molecule has 1 aromatic carbocycles. The highest BCUT2D eigenvalue weighted by molar-refractivity contribution is 7.89. The van der Waals surface area contributed by atoms with Gasteiger partial charge >= 0.3 is 0 Å². The van der Waals surface area contributed by atoms with E-state index in [2.05, 4.69) is 16.8 Å². The maximum atomic E-state index is 12.2. The molecule has 120 valence electrons. The number of hydrazine groups is 1. The molecule has 0 bridgehead atoms. The Kier molecular flexibility index (Phi) is 7.59. The third-order valence-corrected chi connectivity index (χ3v) is 3.99. The van der Waals surface area contributed by atoms with Crippen molar-refractivity contribution in [2.75, 3.05) is 13.7 Å². The second-order valence-corrected chi connectivity index (χ2v) is 6.27. The Labute approximate surface area is 132 Å². The van der Waals surface area contributed by atoms with Gasteiger partial charge in [-0.15, -0.1) is 11.4 Å². The molecule has 0 aromatic heterocycles. The van der Waals surface area contributed by atoms with Crippen molar-refractivity contribution >= 4 is 10.0 Å². The molecule has 0 fully saturated rings. The van der Waals surface area contributed by atoms with E-state index in [-0.39, 0.29) is 4.90 Å². The molecule has 6 heteroatoms. The predicted octanol–water partition coefficient (Wildman–Crippen LogP) is 2.44. The summed E-state index contributed by atoms with van der Waals surface area (Å²) in [5.41, 5.74) is 4.32. The van der Waals surface area contributed by atoms with Crippen LogP contribution in [-0.4, -0.2) is 22.1 Å². The summed E-state index contributed by atoms with van der Waals surface area (Å²) in [6.07, 6.45) is 7.68. The van der Waals surface area contributed by atoms with Gasteiger partial charge in [-0.05, 0) is 31.6 Å². The molecule has 0 heterocycles. The molecule has 0 saturated heterocycles. The Hall–Kier alpha value is -1.89. The van der Waals surface area contributed by atoms with E-state index in [1.165, 1.54) is 0 Å². The summed E-state index contributed by atoms with van der Waals surface area (Å²) in [6, 6.07) is 6.63. The standard InChI is InChI=1S/C16H22N2O3S/c1-4-5-7-15(8-6-13-21-3)17-18-22(19,20)16-11-9-14(2)10-12-16/h4,6-12,17-18H,1,5,13H2,2-3H3/b8-6-,15-7+. The Morgan fingerprint density at radius 1 is 1.32 bits per heavy atom. The summed E-state index contributed by atoms with van der Waals surface area (Å²) in [5.74, 6) is 0. The first-order valence-corrected chi connectivity index (χ1v) is 8.29. The lowest BCUT2D eigenvalue weighted by atomic mass is 10.2. The number of rotatable bonds is 9. The largest absolute Gasteiger partial charge is 0.381 e. The van der Waals surface area contributed by atoms with Crippen molar-refractivity contribution in [2.45, 2.75) is 18.2 Å². The molecule has 2 N–H and O–H groups in total. The molecular weight excluding hydrogens is 300 g/mol.